The third-order valence-electron chi connectivity index (χ3n) is 3.85. The largest absolute Gasteiger partial charge is 0.366 e. The first-order valence-corrected chi connectivity index (χ1v) is 7.14. The summed E-state index contributed by atoms with van der Waals surface area (Å²) >= 11 is 0. The van der Waals surface area contributed by atoms with Gasteiger partial charge in [0.25, 0.3) is 0 Å². The maximum atomic E-state index is 13.8. The summed E-state index contributed by atoms with van der Waals surface area (Å²) in [5.41, 5.74) is 4.67. The van der Waals surface area contributed by atoms with Crippen molar-refractivity contribution in [2.75, 3.05) is 11.9 Å². The van der Waals surface area contributed by atoms with Gasteiger partial charge in [0.05, 0.1) is 11.2 Å². The third kappa shape index (κ3) is 3.21. The Kier molecular flexibility index (Phi) is 4.57. The molecule has 21 heavy (non-hydrogen) atoms. The second-order valence-electron chi connectivity index (χ2n) is 5.38. The monoisotopic (exact) mass is 293 g/mol. The SMILES string of the molecule is CCCC1(C(=O)Nc2cc(C(N)=O)ccc2F)CCCN1. The van der Waals surface area contributed by atoms with Crippen molar-refractivity contribution in [2.45, 2.75) is 38.1 Å². The minimum Gasteiger partial charge on any atom is -0.366 e. The van der Waals surface area contributed by atoms with Crippen LogP contribution in [0.1, 0.15) is 43.0 Å². The Morgan fingerprint density at radius 3 is 2.81 bits per heavy atom. The summed E-state index contributed by atoms with van der Waals surface area (Å²) in [5, 5.41) is 5.81. The normalized spacial score (nSPS) is 21.2. The van der Waals surface area contributed by atoms with Gasteiger partial charge >= 0.3 is 0 Å². The standard InChI is InChI=1S/C15H20FN3O2/c1-2-6-15(7-3-8-18-15)14(21)19-12-9-10(13(17)20)4-5-11(12)16/h4-5,9,18H,2-3,6-8H2,1H3,(H2,17,20)(H,19,21). The van der Waals surface area contributed by atoms with Gasteiger partial charge in [0.15, 0.2) is 0 Å². The van der Waals surface area contributed by atoms with E-state index in [0.717, 1.165) is 31.9 Å². The topological polar surface area (TPSA) is 84.2 Å². The molecule has 114 valence electrons. The van der Waals surface area contributed by atoms with Crippen LogP contribution >= 0.6 is 0 Å². The average Bonchev–Trinajstić information content (AvgIpc) is 2.91. The second-order valence-corrected chi connectivity index (χ2v) is 5.38. The lowest BCUT2D eigenvalue weighted by Gasteiger charge is -2.28. The van der Waals surface area contributed by atoms with Crippen LogP contribution in [0.25, 0.3) is 0 Å². The molecule has 0 aromatic heterocycles. The van der Waals surface area contributed by atoms with E-state index in [-0.39, 0.29) is 17.2 Å². The van der Waals surface area contributed by atoms with E-state index in [1.807, 2.05) is 6.92 Å². The van der Waals surface area contributed by atoms with E-state index >= 15 is 0 Å². The van der Waals surface area contributed by atoms with E-state index < -0.39 is 17.3 Å². The number of benzene rings is 1. The van der Waals surface area contributed by atoms with Crippen molar-refractivity contribution in [1.29, 1.82) is 0 Å². The van der Waals surface area contributed by atoms with Gasteiger partial charge in [0, 0.05) is 5.56 Å². The highest BCUT2D eigenvalue weighted by atomic mass is 19.1. The molecular weight excluding hydrogens is 273 g/mol. The van der Waals surface area contributed by atoms with E-state index in [4.69, 9.17) is 5.73 Å². The van der Waals surface area contributed by atoms with Crippen molar-refractivity contribution in [3.05, 3.63) is 29.6 Å². The van der Waals surface area contributed by atoms with E-state index in [9.17, 15) is 14.0 Å². The molecule has 1 heterocycles. The van der Waals surface area contributed by atoms with Crippen LogP contribution in [-0.2, 0) is 4.79 Å². The lowest BCUT2D eigenvalue weighted by Crippen LogP contribution is -2.50. The fourth-order valence-electron chi connectivity index (χ4n) is 2.77. The molecule has 1 saturated heterocycles. The molecule has 0 aliphatic carbocycles. The van der Waals surface area contributed by atoms with Crippen LogP contribution in [0.3, 0.4) is 0 Å². The Bertz CT molecular complexity index is 554. The van der Waals surface area contributed by atoms with Gasteiger partial charge in [0.2, 0.25) is 11.8 Å². The maximum absolute atomic E-state index is 13.8. The minimum absolute atomic E-state index is 0.0134. The van der Waals surface area contributed by atoms with Crippen molar-refractivity contribution in [3.63, 3.8) is 0 Å². The summed E-state index contributed by atoms with van der Waals surface area (Å²) in [6, 6.07) is 3.69. The molecule has 1 fully saturated rings. The average molecular weight is 293 g/mol. The van der Waals surface area contributed by atoms with Crippen LogP contribution in [0.15, 0.2) is 18.2 Å². The van der Waals surface area contributed by atoms with Crippen LogP contribution in [-0.4, -0.2) is 23.9 Å². The highest BCUT2D eigenvalue weighted by Crippen LogP contribution is 2.27. The van der Waals surface area contributed by atoms with Gasteiger partial charge in [-0.1, -0.05) is 13.3 Å². The number of rotatable bonds is 5. The van der Waals surface area contributed by atoms with Crippen LogP contribution in [0.2, 0.25) is 0 Å². The molecule has 6 heteroatoms. The summed E-state index contributed by atoms with van der Waals surface area (Å²) in [6.07, 6.45) is 3.18. The number of primary amides is 1. The van der Waals surface area contributed by atoms with Crippen LogP contribution in [0.5, 0.6) is 0 Å². The molecule has 2 amide bonds. The number of carbonyl (C=O) groups is 2. The molecule has 0 spiro atoms. The highest BCUT2D eigenvalue weighted by molar-refractivity contribution is 6.00. The molecule has 0 saturated carbocycles. The van der Waals surface area contributed by atoms with Crippen molar-refractivity contribution in [1.82, 2.24) is 5.32 Å². The molecule has 5 nitrogen and oxygen atoms in total. The molecule has 1 atom stereocenters. The summed E-state index contributed by atoms with van der Waals surface area (Å²) < 4.78 is 13.8. The number of nitrogens with two attached hydrogens (primary N) is 1. The maximum Gasteiger partial charge on any atom is 0.248 e. The summed E-state index contributed by atoms with van der Waals surface area (Å²) in [4.78, 5) is 23.7. The van der Waals surface area contributed by atoms with Gasteiger partial charge < -0.3 is 16.4 Å². The smallest absolute Gasteiger partial charge is 0.248 e. The van der Waals surface area contributed by atoms with Gasteiger partial charge in [-0.05, 0) is 44.0 Å². The van der Waals surface area contributed by atoms with Crippen molar-refractivity contribution in [3.8, 4) is 0 Å². The number of nitrogens with one attached hydrogen (secondary N) is 2. The summed E-state index contributed by atoms with van der Waals surface area (Å²) in [6.45, 7) is 2.78. The molecule has 1 aliphatic rings. The van der Waals surface area contributed by atoms with Crippen LogP contribution < -0.4 is 16.4 Å². The molecule has 0 radical (unpaired) electrons. The number of amides is 2. The Morgan fingerprint density at radius 2 is 2.24 bits per heavy atom. The summed E-state index contributed by atoms with van der Waals surface area (Å²) in [7, 11) is 0. The quantitative estimate of drug-likeness (QED) is 0.773. The molecule has 1 aliphatic heterocycles. The van der Waals surface area contributed by atoms with Crippen LogP contribution in [0.4, 0.5) is 10.1 Å². The van der Waals surface area contributed by atoms with E-state index in [1.165, 1.54) is 12.1 Å². The lowest BCUT2D eigenvalue weighted by atomic mass is 9.90. The Labute approximate surface area is 123 Å². The summed E-state index contributed by atoms with van der Waals surface area (Å²) in [5.74, 6) is -1.51. The minimum atomic E-state index is -0.659. The van der Waals surface area contributed by atoms with E-state index in [0.29, 0.717) is 6.42 Å². The molecule has 4 N–H and O–H groups in total. The van der Waals surface area contributed by atoms with Crippen molar-refractivity contribution in [2.24, 2.45) is 5.73 Å². The Hall–Kier alpha value is -1.95. The number of carbonyl (C=O) groups excluding carboxylic acids is 2. The van der Waals surface area contributed by atoms with Crippen molar-refractivity contribution < 1.29 is 14.0 Å². The van der Waals surface area contributed by atoms with Gasteiger partial charge in [-0.3, -0.25) is 9.59 Å². The van der Waals surface area contributed by atoms with Crippen molar-refractivity contribution >= 4 is 17.5 Å². The molecule has 2 rings (SSSR count). The first-order valence-electron chi connectivity index (χ1n) is 7.14. The zero-order valence-electron chi connectivity index (χ0n) is 12.0. The van der Waals surface area contributed by atoms with Crippen LogP contribution in [0, 0.1) is 5.82 Å². The highest BCUT2D eigenvalue weighted by Gasteiger charge is 2.40. The second kappa shape index (κ2) is 6.22. The Morgan fingerprint density at radius 1 is 1.48 bits per heavy atom. The first kappa shape index (κ1) is 15.4. The van der Waals surface area contributed by atoms with Gasteiger partial charge in [-0.15, -0.1) is 0 Å². The van der Waals surface area contributed by atoms with Gasteiger partial charge in [-0.2, -0.15) is 0 Å². The Balaban J connectivity index is 2.22. The fraction of sp³-hybridized carbons (Fsp3) is 0.467. The molecule has 1 aromatic carbocycles. The molecule has 1 unspecified atom stereocenters. The zero-order valence-corrected chi connectivity index (χ0v) is 12.0. The zero-order chi connectivity index (χ0) is 15.5. The third-order valence-corrected chi connectivity index (χ3v) is 3.85. The fourth-order valence-corrected chi connectivity index (χ4v) is 2.77. The number of hydrogen-bond donors (Lipinski definition) is 3. The molecule has 0 bridgehead atoms. The van der Waals surface area contributed by atoms with E-state index in [2.05, 4.69) is 10.6 Å². The number of anilines is 1. The van der Waals surface area contributed by atoms with E-state index in [1.54, 1.807) is 0 Å². The lowest BCUT2D eigenvalue weighted by molar-refractivity contribution is -0.122. The predicted octanol–water partition coefficient (Wildman–Crippen LogP) is 1.79. The molecule has 1 aromatic rings. The number of halogens is 1. The first-order chi connectivity index (χ1) is 9.98. The number of hydrogen-bond acceptors (Lipinski definition) is 3. The van der Waals surface area contributed by atoms with Gasteiger partial charge in [0.1, 0.15) is 5.82 Å². The molecular formula is C15H20FN3O2. The predicted molar refractivity (Wildman–Crippen MR) is 78.4 cm³/mol. The van der Waals surface area contributed by atoms with Gasteiger partial charge in [-0.25, -0.2) is 4.39 Å².